The van der Waals surface area contributed by atoms with Gasteiger partial charge in [0.05, 0.1) is 19.3 Å². The van der Waals surface area contributed by atoms with Crippen LogP contribution in [0.3, 0.4) is 0 Å². The average Bonchev–Trinajstić information content (AvgIpc) is 2.18. The molecule has 2 atom stereocenters. The van der Waals surface area contributed by atoms with Crippen molar-refractivity contribution < 1.29 is 18.3 Å². The number of ether oxygens (including phenoxy) is 1. The minimum Gasteiger partial charge on any atom is -0.394 e. The van der Waals surface area contributed by atoms with Crippen molar-refractivity contribution in [2.45, 2.75) is 19.1 Å². The molecule has 1 aliphatic rings. The third kappa shape index (κ3) is 2.66. The molecule has 0 radical (unpaired) electrons. The number of morpholine rings is 1. The lowest BCUT2D eigenvalue weighted by Gasteiger charge is -2.35. The van der Waals surface area contributed by atoms with E-state index in [0.29, 0.717) is 6.61 Å². The first-order valence-corrected chi connectivity index (χ1v) is 7.02. The highest BCUT2D eigenvalue weighted by Crippen LogP contribution is 2.17. The molecule has 2 unspecified atom stereocenters. The molecule has 0 aromatic carbocycles. The Labute approximate surface area is 92.2 Å². The fourth-order valence-corrected chi connectivity index (χ4v) is 3.27. The lowest BCUT2D eigenvalue weighted by molar-refractivity contribution is -0.0514. The summed E-state index contributed by atoms with van der Waals surface area (Å²) in [5.74, 6) is 0. The molecule has 0 spiro atoms. The molecular weight excluding hydrogens is 274 g/mol. The van der Waals surface area contributed by atoms with E-state index >= 15 is 0 Å². The van der Waals surface area contributed by atoms with Gasteiger partial charge in [0.15, 0.2) is 0 Å². The van der Waals surface area contributed by atoms with Crippen LogP contribution >= 0.6 is 15.9 Å². The predicted octanol–water partition coefficient (Wildman–Crippen LogP) is -0.250. The Bertz CT molecular complexity index is 281. The zero-order chi connectivity index (χ0) is 10.8. The van der Waals surface area contributed by atoms with Crippen LogP contribution in [0.15, 0.2) is 0 Å². The van der Waals surface area contributed by atoms with Crippen LogP contribution in [0.5, 0.6) is 0 Å². The van der Waals surface area contributed by atoms with Crippen molar-refractivity contribution in [1.82, 2.24) is 4.31 Å². The van der Waals surface area contributed by atoms with Crippen LogP contribution in [-0.2, 0) is 14.8 Å². The molecule has 0 aliphatic carbocycles. The number of aliphatic hydroxyl groups is 1. The normalized spacial score (nSPS) is 30.5. The van der Waals surface area contributed by atoms with Gasteiger partial charge in [-0.3, -0.25) is 0 Å². The van der Waals surface area contributed by atoms with Crippen LogP contribution in [0.25, 0.3) is 0 Å². The maximum Gasteiger partial charge on any atom is 0.224 e. The van der Waals surface area contributed by atoms with Crippen molar-refractivity contribution in [3.05, 3.63) is 0 Å². The Morgan fingerprint density at radius 1 is 1.64 bits per heavy atom. The quantitative estimate of drug-likeness (QED) is 0.727. The first kappa shape index (κ1) is 12.4. The number of rotatable bonds is 3. The molecule has 1 heterocycles. The Kier molecular flexibility index (Phi) is 4.32. The molecule has 84 valence electrons. The molecule has 0 aromatic heterocycles. The van der Waals surface area contributed by atoms with Gasteiger partial charge in [0.1, 0.15) is 4.66 Å². The van der Waals surface area contributed by atoms with Crippen molar-refractivity contribution >= 4 is 26.0 Å². The average molecular weight is 288 g/mol. The summed E-state index contributed by atoms with van der Waals surface area (Å²) in [4.78, 5) is 0. The van der Waals surface area contributed by atoms with Crippen LogP contribution in [0.2, 0.25) is 0 Å². The van der Waals surface area contributed by atoms with E-state index in [0.717, 1.165) is 0 Å². The summed E-state index contributed by atoms with van der Waals surface area (Å²) in [6.07, 6.45) is -0.403. The largest absolute Gasteiger partial charge is 0.394 e. The molecule has 1 rings (SSSR count). The van der Waals surface area contributed by atoms with Crippen LogP contribution in [-0.4, -0.2) is 54.4 Å². The van der Waals surface area contributed by atoms with E-state index in [1.807, 2.05) is 0 Å². The lowest BCUT2D eigenvalue weighted by atomic mass is 10.2. The van der Waals surface area contributed by atoms with Gasteiger partial charge in [0, 0.05) is 12.6 Å². The predicted molar refractivity (Wildman–Crippen MR) is 55.7 cm³/mol. The van der Waals surface area contributed by atoms with Crippen molar-refractivity contribution in [3.63, 3.8) is 0 Å². The van der Waals surface area contributed by atoms with E-state index < -0.39 is 16.1 Å². The molecule has 0 bridgehead atoms. The standard InChI is InChI=1S/C7H14BrNO4S/c1-6-4-13-7(3-10)2-9(6)14(11,12)5-8/h6-7,10H,2-5H2,1H3. The van der Waals surface area contributed by atoms with E-state index in [4.69, 9.17) is 9.84 Å². The second-order valence-corrected chi connectivity index (χ2v) is 6.50. The minimum absolute atomic E-state index is 0.0948. The van der Waals surface area contributed by atoms with E-state index in [9.17, 15) is 8.42 Å². The summed E-state index contributed by atoms with van der Waals surface area (Å²) in [5, 5.41) is 8.88. The molecule has 5 nitrogen and oxygen atoms in total. The molecule has 1 N–H and O–H groups in total. The zero-order valence-electron chi connectivity index (χ0n) is 7.89. The van der Waals surface area contributed by atoms with Crippen molar-refractivity contribution in [2.24, 2.45) is 0 Å². The molecule has 0 saturated carbocycles. The Balaban J connectivity index is 2.75. The summed E-state index contributed by atoms with van der Waals surface area (Å²) in [5.41, 5.74) is 0. The number of hydrogen-bond donors (Lipinski definition) is 1. The fourth-order valence-electron chi connectivity index (χ4n) is 1.35. The second-order valence-electron chi connectivity index (χ2n) is 3.28. The minimum atomic E-state index is -3.25. The zero-order valence-corrected chi connectivity index (χ0v) is 10.3. The summed E-state index contributed by atoms with van der Waals surface area (Å²) < 4.78 is 29.6. The first-order valence-electron chi connectivity index (χ1n) is 4.29. The molecule has 14 heavy (non-hydrogen) atoms. The Hall–Kier alpha value is 0.310. The Morgan fingerprint density at radius 3 is 2.79 bits per heavy atom. The van der Waals surface area contributed by atoms with Gasteiger partial charge in [-0.1, -0.05) is 15.9 Å². The van der Waals surface area contributed by atoms with Crippen LogP contribution < -0.4 is 0 Å². The van der Waals surface area contributed by atoms with Crippen LogP contribution in [0, 0.1) is 0 Å². The van der Waals surface area contributed by atoms with Gasteiger partial charge in [-0.2, -0.15) is 4.31 Å². The molecular formula is C7H14BrNO4S. The SMILES string of the molecule is CC1COC(CO)CN1S(=O)(=O)CBr. The molecule has 0 aromatic rings. The number of nitrogens with zero attached hydrogens (tertiary/aromatic N) is 1. The van der Waals surface area contributed by atoms with Gasteiger partial charge in [-0.15, -0.1) is 0 Å². The van der Waals surface area contributed by atoms with Crippen molar-refractivity contribution in [1.29, 1.82) is 0 Å². The van der Waals surface area contributed by atoms with E-state index in [2.05, 4.69) is 15.9 Å². The summed E-state index contributed by atoms with van der Waals surface area (Å²) in [6.45, 7) is 2.19. The highest BCUT2D eigenvalue weighted by atomic mass is 79.9. The smallest absolute Gasteiger partial charge is 0.224 e. The van der Waals surface area contributed by atoms with Gasteiger partial charge in [0.2, 0.25) is 10.0 Å². The van der Waals surface area contributed by atoms with Crippen molar-refractivity contribution in [2.75, 3.05) is 24.4 Å². The summed E-state index contributed by atoms with van der Waals surface area (Å²) >= 11 is 2.94. The number of alkyl halides is 1. The van der Waals surface area contributed by atoms with Gasteiger partial charge >= 0.3 is 0 Å². The number of sulfonamides is 1. The highest BCUT2D eigenvalue weighted by Gasteiger charge is 2.33. The van der Waals surface area contributed by atoms with Crippen molar-refractivity contribution in [3.8, 4) is 0 Å². The topological polar surface area (TPSA) is 66.8 Å². The maximum atomic E-state index is 11.6. The number of aliphatic hydroxyl groups excluding tert-OH is 1. The van der Waals surface area contributed by atoms with Gasteiger partial charge in [-0.25, -0.2) is 8.42 Å². The molecule has 1 fully saturated rings. The number of hydrogen-bond acceptors (Lipinski definition) is 4. The Morgan fingerprint density at radius 2 is 2.29 bits per heavy atom. The maximum absolute atomic E-state index is 11.6. The third-order valence-corrected chi connectivity index (χ3v) is 5.38. The van der Waals surface area contributed by atoms with Gasteiger partial charge < -0.3 is 9.84 Å². The highest BCUT2D eigenvalue weighted by molar-refractivity contribution is 9.10. The van der Waals surface area contributed by atoms with Gasteiger partial charge in [-0.05, 0) is 6.92 Å². The second kappa shape index (κ2) is 4.89. The number of halogens is 1. The summed E-state index contributed by atoms with van der Waals surface area (Å²) in [6, 6.07) is -0.166. The van der Waals surface area contributed by atoms with Gasteiger partial charge in [0.25, 0.3) is 0 Å². The lowest BCUT2D eigenvalue weighted by Crippen LogP contribution is -2.52. The summed E-state index contributed by atoms with van der Waals surface area (Å²) in [7, 11) is -3.25. The molecule has 7 heteroatoms. The van der Waals surface area contributed by atoms with Crippen LogP contribution in [0.1, 0.15) is 6.92 Å². The third-order valence-electron chi connectivity index (χ3n) is 2.15. The van der Waals surface area contributed by atoms with Crippen LogP contribution in [0.4, 0.5) is 0 Å². The first-order chi connectivity index (χ1) is 6.51. The van der Waals surface area contributed by atoms with E-state index in [-0.39, 0.29) is 23.9 Å². The fraction of sp³-hybridized carbons (Fsp3) is 1.00. The monoisotopic (exact) mass is 287 g/mol. The van der Waals surface area contributed by atoms with E-state index in [1.54, 1.807) is 6.92 Å². The molecule has 1 aliphatic heterocycles. The molecule has 0 amide bonds. The van der Waals surface area contributed by atoms with E-state index in [1.165, 1.54) is 4.31 Å². The molecule has 1 saturated heterocycles.